The summed E-state index contributed by atoms with van der Waals surface area (Å²) in [6.07, 6.45) is 1.82. The number of hydrogen-bond donors (Lipinski definition) is 2. The quantitative estimate of drug-likeness (QED) is 0.698. The summed E-state index contributed by atoms with van der Waals surface area (Å²) in [6.45, 7) is 2.32. The van der Waals surface area contributed by atoms with Crippen LogP contribution in [0.3, 0.4) is 0 Å². The molecule has 1 aliphatic heterocycles. The van der Waals surface area contributed by atoms with E-state index >= 15 is 0 Å². The molecule has 1 aromatic heterocycles. The third-order valence-electron chi connectivity index (χ3n) is 2.06. The first-order valence-corrected chi connectivity index (χ1v) is 4.21. The maximum Gasteiger partial charge on any atom is 0.233 e. The number of aliphatic hydroxyl groups excluding tert-OH is 1. The molecule has 0 unspecified atom stereocenters. The first-order valence-electron chi connectivity index (χ1n) is 4.21. The Morgan fingerprint density at radius 1 is 1.77 bits per heavy atom. The molecule has 1 atom stereocenters. The van der Waals surface area contributed by atoms with Gasteiger partial charge in [-0.05, 0) is 19.1 Å². The maximum absolute atomic E-state index is 9.04. The molecule has 0 spiro atoms. The highest BCUT2D eigenvalue weighted by atomic mass is 16.5. The van der Waals surface area contributed by atoms with Crippen LogP contribution in [0.15, 0.2) is 23.3 Å². The van der Waals surface area contributed by atoms with Gasteiger partial charge in [-0.3, -0.25) is 0 Å². The van der Waals surface area contributed by atoms with Crippen molar-refractivity contribution in [3.8, 4) is 0 Å². The number of hydrogen-bond acceptors (Lipinski definition) is 3. The van der Waals surface area contributed by atoms with Crippen molar-refractivity contribution in [3.63, 3.8) is 0 Å². The Bertz CT molecular complexity index is 318. The molecule has 0 saturated carbocycles. The van der Waals surface area contributed by atoms with E-state index in [2.05, 4.69) is 9.98 Å². The molecule has 13 heavy (non-hydrogen) atoms. The van der Waals surface area contributed by atoms with E-state index in [9.17, 15) is 0 Å². The van der Waals surface area contributed by atoms with E-state index in [1.165, 1.54) is 0 Å². The normalized spacial score (nSPS) is 27.1. The predicted octanol–water partition coefficient (Wildman–Crippen LogP) is 0.542. The number of aliphatic imine (C=N–C) groups is 1. The zero-order valence-electron chi connectivity index (χ0n) is 7.45. The van der Waals surface area contributed by atoms with Crippen LogP contribution in [0.2, 0.25) is 0 Å². The molecule has 2 heterocycles. The van der Waals surface area contributed by atoms with Gasteiger partial charge in [0.05, 0.1) is 6.61 Å². The Morgan fingerprint density at radius 2 is 2.62 bits per heavy atom. The van der Waals surface area contributed by atoms with Crippen LogP contribution in [-0.2, 0) is 4.74 Å². The first kappa shape index (κ1) is 8.31. The number of nitrogens with one attached hydrogen (secondary N) is 1. The van der Waals surface area contributed by atoms with E-state index in [1.54, 1.807) is 0 Å². The van der Waals surface area contributed by atoms with Crippen LogP contribution in [0.5, 0.6) is 0 Å². The van der Waals surface area contributed by atoms with Gasteiger partial charge in [-0.15, -0.1) is 0 Å². The SMILES string of the molecule is C[C@]1(CO)COC(c2ccc[nH]2)=N1. The van der Waals surface area contributed by atoms with Crippen LogP contribution < -0.4 is 0 Å². The molecule has 4 nitrogen and oxygen atoms in total. The van der Waals surface area contributed by atoms with E-state index < -0.39 is 5.54 Å². The van der Waals surface area contributed by atoms with Crippen molar-refractivity contribution in [2.75, 3.05) is 13.2 Å². The average Bonchev–Trinajstić information content (AvgIpc) is 2.73. The number of H-pyrrole nitrogens is 1. The van der Waals surface area contributed by atoms with Crippen molar-refractivity contribution in [3.05, 3.63) is 24.0 Å². The molecule has 0 fully saturated rings. The van der Waals surface area contributed by atoms with E-state index in [1.807, 2.05) is 25.3 Å². The molecule has 1 aliphatic rings. The molecule has 0 radical (unpaired) electrons. The monoisotopic (exact) mass is 180 g/mol. The molecule has 0 amide bonds. The highest BCUT2D eigenvalue weighted by Gasteiger charge is 2.31. The highest BCUT2D eigenvalue weighted by Crippen LogP contribution is 2.19. The Labute approximate surface area is 76.3 Å². The highest BCUT2D eigenvalue weighted by molar-refractivity contribution is 5.93. The van der Waals surface area contributed by atoms with Crippen molar-refractivity contribution < 1.29 is 9.84 Å². The van der Waals surface area contributed by atoms with Crippen LogP contribution in [-0.4, -0.2) is 34.7 Å². The van der Waals surface area contributed by atoms with Crippen molar-refractivity contribution in [1.29, 1.82) is 0 Å². The lowest BCUT2D eigenvalue weighted by molar-refractivity contribution is 0.170. The molecular formula is C9H12N2O2. The molecule has 0 saturated heterocycles. The lowest BCUT2D eigenvalue weighted by Crippen LogP contribution is -2.28. The Morgan fingerprint density at radius 3 is 3.15 bits per heavy atom. The van der Waals surface area contributed by atoms with Gasteiger partial charge in [0.25, 0.3) is 0 Å². The lowest BCUT2D eigenvalue weighted by Gasteiger charge is -2.12. The Kier molecular flexibility index (Phi) is 1.84. The summed E-state index contributed by atoms with van der Waals surface area (Å²) in [5.74, 6) is 0.585. The minimum Gasteiger partial charge on any atom is -0.474 e. The number of rotatable bonds is 2. The van der Waals surface area contributed by atoms with Crippen molar-refractivity contribution in [2.45, 2.75) is 12.5 Å². The lowest BCUT2D eigenvalue weighted by atomic mass is 10.1. The Balaban J connectivity index is 2.24. The second kappa shape index (κ2) is 2.88. The molecule has 70 valence electrons. The maximum atomic E-state index is 9.04. The molecular weight excluding hydrogens is 168 g/mol. The number of nitrogens with zero attached hydrogens (tertiary/aromatic N) is 1. The van der Waals surface area contributed by atoms with E-state index in [4.69, 9.17) is 9.84 Å². The van der Waals surface area contributed by atoms with Crippen molar-refractivity contribution in [2.24, 2.45) is 4.99 Å². The Hall–Kier alpha value is -1.29. The predicted molar refractivity (Wildman–Crippen MR) is 48.8 cm³/mol. The molecule has 4 heteroatoms. The van der Waals surface area contributed by atoms with Crippen LogP contribution >= 0.6 is 0 Å². The fourth-order valence-corrected chi connectivity index (χ4v) is 1.22. The van der Waals surface area contributed by atoms with Gasteiger partial charge in [0.1, 0.15) is 17.8 Å². The van der Waals surface area contributed by atoms with Gasteiger partial charge in [0.2, 0.25) is 5.90 Å². The van der Waals surface area contributed by atoms with Crippen LogP contribution in [0.25, 0.3) is 0 Å². The third kappa shape index (κ3) is 1.45. The number of aliphatic hydroxyl groups is 1. The molecule has 2 N–H and O–H groups in total. The van der Waals surface area contributed by atoms with Crippen molar-refractivity contribution in [1.82, 2.24) is 4.98 Å². The summed E-state index contributed by atoms with van der Waals surface area (Å²) in [5.41, 5.74) is 0.387. The van der Waals surface area contributed by atoms with Crippen LogP contribution in [0, 0.1) is 0 Å². The second-order valence-electron chi connectivity index (χ2n) is 3.44. The van der Waals surface area contributed by atoms with Crippen LogP contribution in [0.1, 0.15) is 12.6 Å². The number of ether oxygens (including phenoxy) is 1. The zero-order valence-corrected chi connectivity index (χ0v) is 7.45. The second-order valence-corrected chi connectivity index (χ2v) is 3.44. The smallest absolute Gasteiger partial charge is 0.233 e. The molecule has 2 rings (SSSR count). The van der Waals surface area contributed by atoms with E-state index in [-0.39, 0.29) is 6.61 Å². The van der Waals surface area contributed by atoms with Gasteiger partial charge in [-0.2, -0.15) is 0 Å². The largest absolute Gasteiger partial charge is 0.474 e. The fourth-order valence-electron chi connectivity index (χ4n) is 1.22. The van der Waals surface area contributed by atoms with Crippen molar-refractivity contribution >= 4 is 5.90 Å². The summed E-state index contributed by atoms with van der Waals surface area (Å²) in [4.78, 5) is 7.30. The average molecular weight is 180 g/mol. The van der Waals surface area contributed by atoms with Gasteiger partial charge in [0, 0.05) is 6.20 Å². The van der Waals surface area contributed by atoms with Crippen LogP contribution in [0.4, 0.5) is 0 Å². The topological polar surface area (TPSA) is 57.6 Å². The number of aromatic amines is 1. The van der Waals surface area contributed by atoms with Gasteiger partial charge in [-0.1, -0.05) is 0 Å². The van der Waals surface area contributed by atoms with E-state index in [0.29, 0.717) is 12.5 Å². The number of aromatic nitrogens is 1. The summed E-state index contributed by atoms with van der Waals surface area (Å²) < 4.78 is 5.36. The molecule has 0 aromatic carbocycles. The van der Waals surface area contributed by atoms with Gasteiger partial charge < -0.3 is 14.8 Å². The minimum absolute atomic E-state index is 0.0111. The van der Waals surface area contributed by atoms with Gasteiger partial charge in [-0.25, -0.2) is 4.99 Å². The fraction of sp³-hybridized carbons (Fsp3) is 0.444. The standard InChI is InChI=1S/C9H12N2O2/c1-9(5-12)6-13-8(11-9)7-3-2-4-10-7/h2-4,10,12H,5-6H2,1H3/t9-/m0/s1. The van der Waals surface area contributed by atoms with E-state index in [0.717, 1.165) is 5.69 Å². The van der Waals surface area contributed by atoms with Gasteiger partial charge >= 0.3 is 0 Å². The summed E-state index contributed by atoms with van der Waals surface area (Å²) >= 11 is 0. The third-order valence-corrected chi connectivity index (χ3v) is 2.06. The summed E-state index contributed by atoms with van der Waals surface area (Å²) in [7, 11) is 0. The molecule has 0 bridgehead atoms. The first-order chi connectivity index (χ1) is 6.23. The summed E-state index contributed by atoms with van der Waals surface area (Å²) in [6, 6.07) is 3.78. The zero-order chi connectivity index (χ0) is 9.31. The molecule has 1 aromatic rings. The minimum atomic E-state index is -0.472. The van der Waals surface area contributed by atoms with Gasteiger partial charge in [0.15, 0.2) is 0 Å². The summed E-state index contributed by atoms with van der Waals surface area (Å²) in [5, 5.41) is 9.04. The molecule has 0 aliphatic carbocycles.